The Hall–Kier alpha value is -3.82. The molecule has 0 amide bonds. The van der Waals surface area contributed by atoms with Gasteiger partial charge in [0.2, 0.25) is 5.95 Å². The van der Waals surface area contributed by atoms with Crippen molar-refractivity contribution in [1.29, 1.82) is 0 Å². The number of hydrogen-bond donors (Lipinski definition) is 3. The number of carbonyl (C=O) groups excluding carboxylic acids is 1. The third-order valence-electron chi connectivity index (χ3n) is 4.00. The number of nitrogens with zero attached hydrogens (tertiary/aromatic N) is 5. The molecule has 10 nitrogen and oxygen atoms in total. The first-order valence-electron chi connectivity index (χ1n) is 8.93. The van der Waals surface area contributed by atoms with Crippen molar-refractivity contribution >= 4 is 29.1 Å². The molecule has 1 saturated heterocycles. The van der Waals surface area contributed by atoms with E-state index >= 15 is 0 Å². The van der Waals surface area contributed by atoms with Crippen molar-refractivity contribution in [2.24, 2.45) is 0 Å². The van der Waals surface area contributed by atoms with Crippen molar-refractivity contribution in [3.63, 3.8) is 0 Å². The Morgan fingerprint density at radius 1 is 1.17 bits per heavy atom. The van der Waals surface area contributed by atoms with Gasteiger partial charge in [0.05, 0.1) is 28.8 Å². The van der Waals surface area contributed by atoms with Gasteiger partial charge >= 0.3 is 5.97 Å². The van der Waals surface area contributed by atoms with Gasteiger partial charge in [-0.25, -0.2) is 14.8 Å². The van der Waals surface area contributed by atoms with E-state index in [0.29, 0.717) is 17.5 Å². The predicted octanol–water partition coefficient (Wildman–Crippen LogP) is 2.24. The van der Waals surface area contributed by atoms with E-state index in [1.165, 1.54) is 0 Å². The van der Waals surface area contributed by atoms with Gasteiger partial charge < -0.3 is 21.1 Å². The molecule has 0 aliphatic carbocycles. The first-order chi connectivity index (χ1) is 13.9. The number of nitrogens with one attached hydrogen (secondary N) is 2. The number of nitrogens with two attached hydrogens (primary N) is 1. The molecule has 4 N–H and O–H groups in total. The van der Waals surface area contributed by atoms with Crippen LogP contribution in [0.1, 0.15) is 18.4 Å². The number of carbonyl (C=O) groups is 1. The molecule has 3 aromatic rings. The van der Waals surface area contributed by atoms with E-state index in [-0.39, 0.29) is 18.0 Å². The fourth-order valence-corrected chi connectivity index (χ4v) is 2.44. The molecule has 1 aliphatic rings. The molecule has 0 radical (unpaired) electrons. The maximum absolute atomic E-state index is 9.66. The smallest absolute Gasteiger partial charge is 0.347 e. The zero-order valence-corrected chi connectivity index (χ0v) is 16.6. The van der Waals surface area contributed by atoms with Gasteiger partial charge in [0.1, 0.15) is 11.6 Å². The number of rotatable bonds is 4. The Kier molecular flexibility index (Phi) is 5.82. The molecule has 1 aliphatic heterocycles. The van der Waals surface area contributed by atoms with Crippen molar-refractivity contribution in [3.05, 3.63) is 42.1 Å². The Bertz CT molecular complexity index is 1020. The van der Waals surface area contributed by atoms with Crippen molar-refractivity contribution in [1.82, 2.24) is 24.9 Å². The maximum Gasteiger partial charge on any atom is 0.347 e. The maximum atomic E-state index is 9.66. The highest BCUT2D eigenvalue weighted by molar-refractivity contribution is 5.86. The summed E-state index contributed by atoms with van der Waals surface area (Å²) in [7, 11) is 1.86. The average molecular weight is 394 g/mol. The van der Waals surface area contributed by atoms with Crippen LogP contribution in [0.4, 0.5) is 23.1 Å². The van der Waals surface area contributed by atoms with E-state index in [9.17, 15) is 4.79 Å². The molecular formula is C19H22N8O2. The van der Waals surface area contributed by atoms with E-state index in [1.54, 1.807) is 26.2 Å². The first-order valence-corrected chi connectivity index (χ1v) is 8.93. The van der Waals surface area contributed by atoms with Gasteiger partial charge in [0.15, 0.2) is 11.9 Å². The van der Waals surface area contributed by atoms with Crippen LogP contribution >= 0.6 is 0 Å². The van der Waals surface area contributed by atoms with Gasteiger partial charge in [-0.2, -0.15) is 9.97 Å². The number of aromatic nitrogens is 5. The Morgan fingerprint density at radius 2 is 1.90 bits per heavy atom. The summed E-state index contributed by atoms with van der Waals surface area (Å²) in [5.74, 6) is 1.76. The topological polar surface area (TPSA) is 144 Å². The Morgan fingerprint density at radius 3 is 2.52 bits per heavy atom. The summed E-state index contributed by atoms with van der Waals surface area (Å²) in [6.45, 7) is 5.44. The molecule has 1 fully saturated rings. The molecule has 1 atom stereocenters. The summed E-state index contributed by atoms with van der Waals surface area (Å²) >= 11 is 0. The van der Waals surface area contributed by atoms with Gasteiger partial charge in [-0.3, -0.25) is 4.98 Å². The minimum atomic E-state index is -0.0880. The van der Waals surface area contributed by atoms with Crippen molar-refractivity contribution in [2.45, 2.75) is 26.9 Å². The Balaban J connectivity index is 0.000000419. The number of aryl methyl sites for hydroxylation is 2. The summed E-state index contributed by atoms with van der Waals surface area (Å²) < 4.78 is 4.28. The third-order valence-corrected chi connectivity index (χ3v) is 4.00. The molecule has 0 bridgehead atoms. The SMILES string of the molecule is CC1OC1=O.CNc1cc(Nc2ncccc2-c2nc(C)nc(N)n2)cnc1C. The predicted molar refractivity (Wildman–Crippen MR) is 110 cm³/mol. The summed E-state index contributed by atoms with van der Waals surface area (Å²) in [6, 6.07) is 5.67. The van der Waals surface area contributed by atoms with Crippen LogP contribution in [0.2, 0.25) is 0 Å². The molecule has 1 unspecified atom stereocenters. The lowest BCUT2D eigenvalue weighted by molar-refractivity contribution is -0.117. The second-order valence-electron chi connectivity index (χ2n) is 6.28. The Labute approximate surface area is 168 Å². The lowest BCUT2D eigenvalue weighted by Crippen LogP contribution is -2.04. The summed E-state index contributed by atoms with van der Waals surface area (Å²) in [4.78, 5) is 31.0. The minimum absolute atomic E-state index is 0.0787. The molecule has 0 spiro atoms. The molecule has 0 saturated carbocycles. The molecule has 29 heavy (non-hydrogen) atoms. The normalized spacial score (nSPS) is 14.3. The lowest BCUT2D eigenvalue weighted by Gasteiger charge is -2.12. The fourth-order valence-electron chi connectivity index (χ4n) is 2.44. The van der Waals surface area contributed by atoms with E-state index in [2.05, 4.69) is 40.3 Å². The van der Waals surface area contributed by atoms with Crippen LogP contribution in [0, 0.1) is 13.8 Å². The van der Waals surface area contributed by atoms with Gasteiger partial charge in [-0.1, -0.05) is 0 Å². The molecule has 3 aromatic heterocycles. The van der Waals surface area contributed by atoms with E-state index in [4.69, 9.17) is 5.73 Å². The summed E-state index contributed by atoms with van der Waals surface area (Å²) in [5, 5.41) is 6.37. The van der Waals surface area contributed by atoms with Crippen LogP contribution in [0.15, 0.2) is 30.6 Å². The number of pyridine rings is 2. The van der Waals surface area contributed by atoms with Crippen molar-refractivity contribution < 1.29 is 9.53 Å². The average Bonchev–Trinajstić information content (AvgIpc) is 3.35. The number of epoxide rings is 1. The second-order valence-corrected chi connectivity index (χ2v) is 6.28. The number of hydrogen-bond acceptors (Lipinski definition) is 10. The highest BCUT2D eigenvalue weighted by Gasteiger charge is 2.31. The number of nitrogen functional groups attached to an aromatic ring is 1. The summed E-state index contributed by atoms with van der Waals surface area (Å²) in [6.07, 6.45) is 3.36. The number of cyclic esters (lactones) is 1. The van der Waals surface area contributed by atoms with Gasteiger partial charge in [-0.05, 0) is 39.0 Å². The van der Waals surface area contributed by atoms with Crippen molar-refractivity contribution in [2.75, 3.05) is 23.4 Å². The third kappa shape index (κ3) is 5.12. The molecule has 10 heteroatoms. The molecular weight excluding hydrogens is 372 g/mol. The van der Waals surface area contributed by atoms with Crippen LogP contribution in [-0.4, -0.2) is 44.0 Å². The second kappa shape index (κ2) is 8.46. The zero-order chi connectivity index (χ0) is 21.0. The van der Waals surface area contributed by atoms with E-state index < -0.39 is 0 Å². The minimum Gasteiger partial charge on any atom is -0.448 e. The van der Waals surface area contributed by atoms with Gasteiger partial charge in [0, 0.05) is 13.2 Å². The number of ether oxygens (including phenoxy) is 1. The zero-order valence-electron chi connectivity index (χ0n) is 16.6. The van der Waals surface area contributed by atoms with Crippen LogP contribution < -0.4 is 16.4 Å². The van der Waals surface area contributed by atoms with E-state index in [0.717, 1.165) is 22.6 Å². The highest BCUT2D eigenvalue weighted by atomic mass is 16.6. The van der Waals surface area contributed by atoms with Gasteiger partial charge in [-0.15, -0.1) is 0 Å². The van der Waals surface area contributed by atoms with Crippen molar-refractivity contribution in [3.8, 4) is 11.4 Å². The van der Waals surface area contributed by atoms with Crippen LogP contribution in [0.5, 0.6) is 0 Å². The first kappa shape index (κ1) is 19.9. The standard InChI is InChI=1S/C16H18N8.C3H4O2/c1-9-13(18-3)7-11(8-20-9)23-14-12(5-4-6-19-14)15-21-10(2)22-16(17)24-15;1-2-3(4)5-2/h4-8,18H,1-3H3,(H,19,23)(H2,17,21,22,24);2H,1H3. The lowest BCUT2D eigenvalue weighted by atomic mass is 10.2. The number of anilines is 4. The molecule has 0 aromatic carbocycles. The summed E-state index contributed by atoms with van der Waals surface area (Å²) in [5.41, 5.74) is 9.14. The van der Waals surface area contributed by atoms with E-state index in [1.807, 2.05) is 32.2 Å². The molecule has 4 rings (SSSR count). The molecule has 150 valence electrons. The van der Waals surface area contributed by atoms with Gasteiger partial charge in [0.25, 0.3) is 0 Å². The monoisotopic (exact) mass is 394 g/mol. The van der Waals surface area contributed by atoms with Crippen LogP contribution in [0.25, 0.3) is 11.4 Å². The largest absolute Gasteiger partial charge is 0.448 e. The molecule has 4 heterocycles. The fraction of sp³-hybridized carbons (Fsp3) is 0.263. The van der Waals surface area contributed by atoms with Crippen LogP contribution in [0.3, 0.4) is 0 Å². The highest BCUT2D eigenvalue weighted by Crippen LogP contribution is 2.27. The quantitative estimate of drug-likeness (QED) is 0.563. The van der Waals surface area contributed by atoms with Crippen LogP contribution in [-0.2, 0) is 9.53 Å².